The molecule has 3 aromatic rings. The van der Waals surface area contributed by atoms with E-state index in [1.54, 1.807) is 11.3 Å². The summed E-state index contributed by atoms with van der Waals surface area (Å²) in [5.74, 6) is 1.75. The van der Waals surface area contributed by atoms with Crippen LogP contribution < -0.4 is 5.32 Å². The van der Waals surface area contributed by atoms with Gasteiger partial charge < -0.3 is 14.8 Å². The molecule has 0 saturated carbocycles. The zero-order valence-corrected chi connectivity index (χ0v) is 17.3. The van der Waals surface area contributed by atoms with Gasteiger partial charge in [-0.05, 0) is 57.8 Å². The summed E-state index contributed by atoms with van der Waals surface area (Å²) >= 11 is 1.58. The molecule has 148 valence electrons. The Kier molecular flexibility index (Phi) is 5.73. The Labute approximate surface area is 169 Å². The minimum atomic E-state index is 0.179. The Hall–Kier alpha value is -2.25. The molecule has 1 saturated heterocycles. The first kappa shape index (κ1) is 19.1. The van der Waals surface area contributed by atoms with Crippen molar-refractivity contribution in [3.05, 3.63) is 35.5 Å². The van der Waals surface area contributed by atoms with Gasteiger partial charge in [-0.2, -0.15) is 0 Å². The van der Waals surface area contributed by atoms with E-state index in [1.165, 1.54) is 6.42 Å². The van der Waals surface area contributed by atoms with E-state index >= 15 is 0 Å². The lowest BCUT2D eigenvalue weighted by Gasteiger charge is -2.32. The van der Waals surface area contributed by atoms with E-state index in [0.29, 0.717) is 6.54 Å². The Morgan fingerprint density at radius 1 is 1.29 bits per heavy atom. The fraction of sp³-hybridized carbons (Fsp3) is 0.476. The van der Waals surface area contributed by atoms with Gasteiger partial charge in [-0.25, -0.2) is 9.97 Å². The summed E-state index contributed by atoms with van der Waals surface area (Å²) in [6.45, 7) is 5.09. The van der Waals surface area contributed by atoms with Gasteiger partial charge in [0.15, 0.2) is 5.82 Å². The van der Waals surface area contributed by atoms with Crippen molar-refractivity contribution in [2.24, 2.45) is 5.92 Å². The Morgan fingerprint density at radius 2 is 2.07 bits per heavy atom. The summed E-state index contributed by atoms with van der Waals surface area (Å²) in [4.78, 5) is 25.3. The van der Waals surface area contributed by atoms with Crippen LogP contribution in [0.5, 0.6) is 0 Å². The molecular formula is C21H27N5OS. The number of nitrogens with one attached hydrogen (secondary N) is 1. The van der Waals surface area contributed by atoms with Crippen LogP contribution >= 0.6 is 11.3 Å². The van der Waals surface area contributed by atoms with Gasteiger partial charge in [0.05, 0.1) is 27.1 Å². The molecule has 1 N–H and O–H groups in total. The highest BCUT2D eigenvalue weighted by Crippen LogP contribution is 2.30. The van der Waals surface area contributed by atoms with E-state index in [4.69, 9.17) is 4.98 Å². The van der Waals surface area contributed by atoms with Crippen molar-refractivity contribution in [3.63, 3.8) is 0 Å². The standard InChI is InChI=1S/C21H27N5OS/c1-15-20(28-14-23-15)21-24-17-5-3-4-6-18(17)26(21)13-19(27)25-11-8-16(9-12-25)7-10-22-2/h3-6,14,16,22H,7-13H2,1-2H3. The van der Waals surface area contributed by atoms with Crippen LogP contribution in [0, 0.1) is 12.8 Å². The molecule has 1 aromatic carbocycles. The normalized spacial score (nSPS) is 15.4. The molecule has 2 aromatic heterocycles. The van der Waals surface area contributed by atoms with Crippen LogP contribution in [0.4, 0.5) is 0 Å². The van der Waals surface area contributed by atoms with Crippen LogP contribution in [0.25, 0.3) is 21.7 Å². The largest absolute Gasteiger partial charge is 0.341 e. The number of carbonyl (C=O) groups is 1. The van der Waals surface area contributed by atoms with Crippen molar-refractivity contribution in [2.45, 2.75) is 32.7 Å². The number of benzene rings is 1. The fourth-order valence-electron chi connectivity index (χ4n) is 3.98. The molecule has 1 amide bonds. The highest BCUT2D eigenvalue weighted by atomic mass is 32.1. The second kappa shape index (κ2) is 8.41. The SMILES string of the molecule is CNCCC1CCN(C(=O)Cn2c(-c3scnc3C)nc3ccccc32)CC1. The third-order valence-corrected chi connectivity index (χ3v) is 6.59. The van der Waals surface area contributed by atoms with Gasteiger partial charge >= 0.3 is 0 Å². The van der Waals surface area contributed by atoms with Gasteiger partial charge in [0, 0.05) is 13.1 Å². The Balaban J connectivity index is 1.55. The minimum Gasteiger partial charge on any atom is -0.341 e. The van der Waals surface area contributed by atoms with Crippen molar-refractivity contribution in [1.29, 1.82) is 0 Å². The van der Waals surface area contributed by atoms with Gasteiger partial charge in [0.1, 0.15) is 6.54 Å². The number of carbonyl (C=O) groups excluding carboxylic acids is 1. The molecule has 1 fully saturated rings. The lowest BCUT2D eigenvalue weighted by molar-refractivity contribution is -0.133. The molecule has 1 aliphatic heterocycles. The second-order valence-corrected chi connectivity index (χ2v) is 8.35. The molecule has 0 bridgehead atoms. The van der Waals surface area contributed by atoms with Gasteiger partial charge in [0.2, 0.25) is 5.91 Å². The number of hydrogen-bond donors (Lipinski definition) is 1. The lowest BCUT2D eigenvalue weighted by Crippen LogP contribution is -2.40. The third-order valence-electron chi connectivity index (χ3n) is 5.67. The third kappa shape index (κ3) is 3.82. The van der Waals surface area contributed by atoms with Gasteiger partial charge in [-0.3, -0.25) is 4.79 Å². The zero-order valence-electron chi connectivity index (χ0n) is 16.5. The van der Waals surface area contributed by atoms with Crippen LogP contribution in [0.1, 0.15) is 25.0 Å². The molecule has 0 spiro atoms. The first-order chi connectivity index (χ1) is 13.7. The minimum absolute atomic E-state index is 0.179. The predicted octanol–water partition coefficient (Wildman–Crippen LogP) is 3.32. The van der Waals surface area contributed by atoms with E-state index in [0.717, 1.165) is 65.8 Å². The number of fused-ring (bicyclic) bond motifs is 1. The van der Waals surface area contributed by atoms with Crippen LogP contribution in [-0.2, 0) is 11.3 Å². The van der Waals surface area contributed by atoms with Crippen LogP contribution in [0.3, 0.4) is 0 Å². The number of rotatable bonds is 6. The second-order valence-electron chi connectivity index (χ2n) is 7.49. The Morgan fingerprint density at radius 3 is 2.79 bits per heavy atom. The first-order valence-electron chi connectivity index (χ1n) is 9.95. The van der Waals surface area contributed by atoms with E-state index in [-0.39, 0.29) is 5.91 Å². The number of likely N-dealkylation sites (tertiary alicyclic amines) is 1. The van der Waals surface area contributed by atoms with Crippen molar-refractivity contribution in [2.75, 3.05) is 26.7 Å². The number of para-hydroxylation sites is 2. The summed E-state index contributed by atoms with van der Waals surface area (Å²) in [6, 6.07) is 8.03. The van der Waals surface area contributed by atoms with Crippen molar-refractivity contribution in [3.8, 4) is 10.7 Å². The van der Waals surface area contributed by atoms with Crippen molar-refractivity contribution >= 4 is 28.3 Å². The molecule has 7 heteroatoms. The van der Waals surface area contributed by atoms with Crippen LogP contribution in [0.15, 0.2) is 29.8 Å². The monoisotopic (exact) mass is 397 g/mol. The maximum atomic E-state index is 13.1. The van der Waals surface area contributed by atoms with Gasteiger partial charge in [-0.15, -0.1) is 11.3 Å². The molecule has 3 heterocycles. The summed E-state index contributed by atoms with van der Waals surface area (Å²) in [5, 5.41) is 3.22. The first-order valence-corrected chi connectivity index (χ1v) is 10.8. The summed E-state index contributed by atoms with van der Waals surface area (Å²) in [5.41, 5.74) is 4.72. The van der Waals surface area contributed by atoms with E-state index in [9.17, 15) is 4.79 Å². The van der Waals surface area contributed by atoms with E-state index < -0.39 is 0 Å². The number of piperidine rings is 1. The van der Waals surface area contributed by atoms with Gasteiger partial charge in [-0.1, -0.05) is 12.1 Å². The quantitative estimate of drug-likeness (QED) is 0.693. The molecule has 0 aliphatic carbocycles. The van der Waals surface area contributed by atoms with Gasteiger partial charge in [0.25, 0.3) is 0 Å². The maximum absolute atomic E-state index is 13.1. The summed E-state index contributed by atoms with van der Waals surface area (Å²) in [7, 11) is 2.00. The number of amides is 1. The molecule has 6 nitrogen and oxygen atoms in total. The van der Waals surface area contributed by atoms with E-state index in [1.807, 2.05) is 48.6 Å². The topological polar surface area (TPSA) is 63.1 Å². The molecule has 4 rings (SSSR count). The molecule has 0 unspecified atom stereocenters. The molecule has 1 aliphatic rings. The fourth-order valence-corrected chi connectivity index (χ4v) is 4.78. The Bertz CT molecular complexity index is 955. The number of imidazole rings is 1. The summed E-state index contributed by atoms with van der Waals surface area (Å²) in [6.07, 6.45) is 3.39. The maximum Gasteiger partial charge on any atom is 0.242 e. The van der Waals surface area contributed by atoms with E-state index in [2.05, 4.69) is 14.9 Å². The highest BCUT2D eigenvalue weighted by Gasteiger charge is 2.24. The van der Waals surface area contributed by atoms with Crippen molar-refractivity contribution < 1.29 is 4.79 Å². The molecule has 28 heavy (non-hydrogen) atoms. The number of aromatic nitrogens is 3. The van der Waals surface area contributed by atoms with Crippen LogP contribution in [0.2, 0.25) is 0 Å². The number of hydrogen-bond acceptors (Lipinski definition) is 5. The van der Waals surface area contributed by atoms with Crippen molar-refractivity contribution in [1.82, 2.24) is 24.8 Å². The van der Waals surface area contributed by atoms with Crippen LogP contribution in [-0.4, -0.2) is 52.0 Å². The lowest BCUT2D eigenvalue weighted by atomic mass is 9.93. The average molecular weight is 398 g/mol. The number of aryl methyl sites for hydroxylation is 1. The predicted molar refractivity (Wildman–Crippen MR) is 113 cm³/mol. The molecule has 0 atom stereocenters. The number of nitrogens with zero attached hydrogens (tertiary/aromatic N) is 4. The number of thiazole rings is 1. The smallest absolute Gasteiger partial charge is 0.242 e. The average Bonchev–Trinajstić information content (AvgIpc) is 3.30. The highest BCUT2D eigenvalue weighted by molar-refractivity contribution is 7.13. The summed E-state index contributed by atoms with van der Waals surface area (Å²) < 4.78 is 2.06. The molecular weight excluding hydrogens is 370 g/mol. The zero-order chi connectivity index (χ0) is 19.5. The molecule has 0 radical (unpaired) electrons.